The predicted octanol–water partition coefficient (Wildman–Crippen LogP) is -0.263. The first-order valence-electron chi connectivity index (χ1n) is 4.61. The first kappa shape index (κ1) is 9.78. The molecule has 0 fully saturated rings. The van der Waals surface area contributed by atoms with Crippen molar-refractivity contribution in [3.8, 4) is 0 Å². The van der Waals surface area contributed by atoms with E-state index in [9.17, 15) is 0 Å². The maximum absolute atomic E-state index is 4.60. The number of rotatable bonds is 4. The number of aryl methyl sites for hydroxylation is 1. The second kappa shape index (κ2) is 4.18. The van der Waals surface area contributed by atoms with Gasteiger partial charge in [-0.15, -0.1) is 5.10 Å². The molecule has 0 aliphatic rings. The van der Waals surface area contributed by atoms with Gasteiger partial charge in [0.25, 0.3) is 0 Å². The molecular weight excluding hydrogens is 196 g/mol. The summed E-state index contributed by atoms with van der Waals surface area (Å²) in [5.74, 6) is 0. The smallest absolute Gasteiger partial charge is 0.129 e. The molecule has 0 amide bonds. The second-order valence-electron chi connectivity index (χ2n) is 3.23. The van der Waals surface area contributed by atoms with Gasteiger partial charge in [0, 0.05) is 6.54 Å². The molecule has 7 nitrogen and oxygen atoms in total. The average molecular weight is 208 g/mol. The number of hydrogen-bond donors (Lipinski definition) is 1. The van der Waals surface area contributed by atoms with E-state index in [-0.39, 0.29) is 0 Å². The van der Waals surface area contributed by atoms with Crippen molar-refractivity contribution in [1.82, 2.24) is 30.6 Å². The van der Waals surface area contributed by atoms with Crippen LogP contribution in [0, 0.1) is 6.92 Å². The lowest BCUT2D eigenvalue weighted by molar-refractivity contribution is 0.300. The number of nitrogens with zero attached hydrogens (tertiary/aromatic N) is 5. The van der Waals surface area contributed by atoms with Crippen LogP contribution in [-0.2, 0) is 13.1 Å². The molecule has 15 heavy (non-hydrogen) atoms. The van der Waals surface area contributed by atoms with Crippen molar-refractivity contribution in [2.45, 2.75) is 20.0 Å². The van der Waals surface area contributed by atoms with Crippen LogP contribution in [0.1, 0.15) is 17.1 Å². The van der Waals surface area contributed by atoms with Crippen LogP contribution in [0.5, 0.6) is 0 Å². The Morgan fingerprint density at radius 2 is 2.33 bits per heavy atom. The zero-order valence-electron chi connectivity index (χ0n) is 8.64. The molecule has 0 aliphatic carbocycles. The SMILES string of the molecule is CNCc1cn(Cc2nonc2C)nn1. The van der Waals surface area contributed by atoms with Crippen LogP contribution >= 0.6 is 0 Å². The third kappa shape index (κ3) is 2.18. The minimum absolute atomic E-state index is 0.534. The van der Waals surface area contributed by atoms with Crippen molar-refractivity contribution < 1.29 is 4.63 Å². The van der Waals surface area contributed by atoms with E-state index >= 15 is 0 Å². The van der Waals surface area contributed by atoms with Crippen LogP contribution in [0.3, 0.4) is 0 Å². The fraction of sp³-hybridized carbons (Fsp3) is 0.500. The fourth-order valence-corrected chi connectivity index (χ4v) is 1.22. The van der Waals surface area contributed by atoms with Gasteiger partial charge < -0.3 is 5.32 Å². The Labute approximate surface area is 86.4 Å². The van der Waals surface area contributed by atoms with Crippen LogP contribution in [0.4, 0.5) is 0 Å². The zero-order valence-corrected chi connectivity index (χ0v) is 8.64. The van der Waals surface area contributed by atoms with Gasteiger partial charge in [0.1, 0.15) is 11.4 Å². The molecule has 7 heteroatoms. The highest BCUT2D eigenvalue weighted by atomic mass is 16.6. The molecule has 0 saturated heterocycles. The monoisotopic (exact) mass is 208 g/mol. The van der Waals surface area contributed by atoms with Crippen LogP contribution in [-0.4, -0.2) is 32.4 Å². The van der Waals surface area contributed by atoms with E-state index in [1.165, 1.54) is 0 Å². The number of hydrogen-bond acceptors (Lipinski definition) is 6. The maximum Gasteiger partial charge on any atom is 0.129 e. The Morgan fingerprint density at radius 3 is 3.00 bits per heavy atom. The van der Waals surface area contributed by atoms with Gasteiger partial charge in [-0.2, -0.15) is 0 Å². The quantitative estimate of drug-likeness (QED) is 0.745. The summed E-state index contributed by atoms with van der Waals surface area (Å²) in [5.41, 5.74) is 2.45. The fourth-order valence-electron chi connectivity index (χ4n) is 1.22. The van der Waals surface area contributed by atoms with Crippen molar-refractivity contribution in [3.05, 3.63) is 23.3 Å². The molecule has 0 bridgehead atoms. The molecule has 0 aromatic carbocycles. The molecule has 2 heterocycles. The van der Waals surface area contributed by atoms with E-state index in [0.29, 0.717) is 13.1 Å². The van der Waals surface area contributed by atoms with E-state index in [1.807, 2.05) is 20.2 Å². The number of aromatic nitrogens is 5. The van der Waals surface area contributed by atoms with E-state index in [4.69, 9.17) is 0 Å². The molecule has 80 valence electrons. The average Bonchev–Trinajstić information content (AvgIpc) is 2.79. The first-order chi connectivity index (χ1) is 7.29. The Hall–Kier alpha value is -1.76. The largest absolute Gasteiger partial charge is 0.314 e. The highest BCUT2D eigenvalue weighted by molar-refractivity contribution is 5.05. The molecule has 2 aromatic heterocycles. The summed E-state index contributed by atoms with van der Waals surface area (Å²) in [6, 6.07) is 0. The van der Waals surface area contributed by atoms with Gasteiger partial charge >= 0.3 is 0 Å². The zero-order chi connectivity index (χ0) is 10.7. The predicted molar refractivity (Wildman–Crippen MR) is 50.9 cm³/mol. The van der Waals surface area contributed by atoms with E-state index in [2.05, 4.69) is 30.6 Å². The van der Waals surface area contributed by atoms with Crippen molar-refractivity contribution in [1.29, 1.82) is 0 Å². The Balaban J connectivity index is 2.08. The van der Waals surface area contributed by atoms with Crippen molar-refractivity contribution >= 4 is 0 Å². The van der Waals surface area contributed by atoms with Crippen LogP contribution in [0.25, 0.3) is 0 Å². The maximum atomic E-state index is 4.60. The lowest BCUT2D eigenvalue weighted by Crippen LogP contribution is -2.05. The van der Waals surface area contributed by atoms with Crippen molar-refractivity contribution in [3.63, 3.8) is 0 Å². The minimum Gasteiger partial charge on any atom is -0.314 e. The summed E-state index contributed by atoms with van der Waals surface area (Å²) in [7, 11) is 1.87. The highest BCUT2D eigenvalue weighted by Crippen LogP contribution is 2.03. The summed E-state index contributed by atoms with van der Waals surface area (Å²) in [4.78, 5) is 0. The molecule has 0 saturated carbocycles. The Morgan fingerprint density at radius 1 is 1.47 bits per heavy atom. The van der Waals surface area contributed by atoms with Gasteiger partial charge in [-0.25, -0.2) is 9.31 Å². The summed E-state index contributed by atoms with van der Waals surface area (Å²) >= 11 is 0. The van der Waals surface area contributed by atoms with Crippen LogP contribution in [0.15, 0.2) is 10.8 Å². The standard InChI is InChI=1S/C8H12N6O/c1-6-8(12-15-11-6)5-14-4-7(3-9-2)10-13-14/h4,9H,3,5H2,1-2H3. The topological polar surface area (TPSA) is 81.7 Å². The minimum atomic E-state index is 0.534. The molecule has 2 rings (SSSR count). The molecule has 1 N–H and O–H groups in total. The second-order valence-corrected chi connectivity index (χ2v) is 3.23. The van der Waals surface area contributed by atoms with Crippen LogP contribution in [0.2, 0.25) is 0 Å². The third-order valence-electron chi connectivity index (χ3n) is 2.00. The van der Waals surface area contributed by atoms with E-state index < -0.39 is 0 Å². The molecular formula is C8H12N6O. The summed E-state index contributed by atoms with van der Waals surface area (Å²) in [6.07, 6.45) is 1.87. The van der Waals surface area contributed by atoms with Gasteiger partial charge in [0.15, 0.2) is 0 Å². The molecule has 2 aromatic rings. The van der Waals surface area contributed by atoms with Gasteiger partial charge in [-0.05, 0) is 14.0 Å². The molecule has 0 aliphatic heterocycles. The summed E-state index contributed by atoms with van der Waals surface area (Å²) in [5, 5.41) is 18.4. The van der Waals surface area contributed by atoms with Crippen molar-refractivity contribution in [2.75, 3.05) is 7.05 Å². The first-order valence-corrected chi connectivity index (χ1v) is 4.61. The Kier molecular flexibility index (Phi) is 2.72. The molecule has 0 radical (unpaired) electrons. The number of nitrogens with one attached hydrogen (secondary N) is 1. The van der Waals surface area contributed by atoms with E-state index in [1.54, 1.807) is 4.68 Å². The Bertz CT molecular complexity index is 434. The van der Waals surface area contributed by atoms with E-state index in [0.717, 1.165) is 17.1 Å². The van der Waals surface area contributed by atoms with Gasteiger partial charge in [-0.1, -0.05) is 15.5 Å². The molecule has 0 atom stereocenters. The van der Waals surface area contributed by atoms with Gasteiger partial charge in [0.05, 0.1) is 18.4 Å². The molecule has 0 unspecified atom stereocenters. The third-order valence-corrected chi connectivity index (χ3v) is 2.00. The lowest BCUT2D eigenvalue weighted by atomic mass is 10.3. The van der Waals surface area contributed by atoms with Gasteiger partial charge in [0.2, 0.25) is 0 Å². The molecule has 0 spiro atoms. The lowest BCUT2D eigenvalue weighted by Gasteiger charge is -1.94. The van der Waals surface area contributed by atoms with Crippen molar-refractivity contribution in [2.24, 2.45) is 0 Å². The highest BCUT2D eigenvalue weighted by Gasteiger charge is 2.07. The summed E-state index contributed by atoms with van der Waals surface area (Å²) < 4.78 is 6.31. The normalized spacial score (nSPS) is 10.8. The summed E-state index contributed by atoms with van der Waals surface area (Å²) in [6.45, 7) is 3.08. The van der Waals surface area contributed by atoms with Gasteiger partial charge in [-0.3, -0.25) is 0 Å². The van der Waals surface area contributed by atoms with Crippen LogP contribution < -0.4 is 5.32 Å².